The molecular formula is C11H17N3. The van der Waals surface area contributed by atoms with Gasteiger partial charge in [-0.15, -0.1) is 0 Å². The lowest BCUT2D eigenvalue weighted by Crippen LogP contribution is -2.40. The van der Waals surface area contributed by atoms with E-state index in [1.807, 2.05) is 6.92 Å². The lowest BCUT2D eigenvalue weighted by molar-refractivity contribution is 0.336. The molecule has 2 N–H and O–H groups in total. The van der Waals surface area contributed by atoms with Crippen molar-refractivity contribution in [2.24, 2.45) is 11.7 Å². The lowest BCUT2D eigenvalue weighted by atomic mass is 9.86. The van der Waals surface area contributed by atoms with E-state index in [0.717, 1.165) is 17.7 Å². The Labute approximate surface area is 84.7 Å². The third-order valence-corrected chi connectivity index (χ3v) is 3.38. The van der Waals surface area contributed by atoms with Gasteiger partial charge in [0.2, 0.25) is 0 Å². The topological polar surface area (TPSA) is 51.8 Å². The third-order valence-electron chi connectivity index (χ3n) is 3.38. The fourth-order valence-corrected chi connectivity index (χ4v) is 2.28. The molecule has 1 aromatic rings. The molecule has 76 valence electrons. The Kier molecular flexibility index (Phi) is 2.27. The van der Waals surface area contributed by atoms with Crippen molar-refractivity contribution < 1.29 is 0 Å². The highest BCUT2D eigenvalue weighted by Crippen LogP contribution is 2.40. The summed E-state index contributed by atoms with van der Waals surface area (Å²) in [6, 6.07) is 2.06. The fourth-order valence-electron chi connectivity index (χ4n) is 2.28. The van der Waals surface area contributed by atoms with Crippen LogP contribution in [0, 0.1) is 12.8 Å². The first-order chi connectivity index (χ1) is 6.63. The summed E-state index contributed by atoms with van der Waals surface area (Å²) in [6.45, 7) is 4.23. The van der Waals surface area contributed by atoms with Gasteiger partial charge in [0.05, 0.1) is 17.4 Å². The maximum absolute atomic E-state index is 6.39. The molecule has 3 nitrogen and oxygen atoms in total. The predicted octanol–water partition coefficient (Wildman–Crippen LogP) is 1.76. The van der Waals surface area contributed by atoms with Crippen molar-refractivity contribution in [2.75, 3.05) is 0 Å². The lowest BCUT2D eigenvalue weighted by Gasteiger charge is -2.28. The van der Waals surface area contributed by atoms with Crippen LogP contribution in [-0.2, 0) is 5.54 Å². The van der Waals surface area contributed by atoms with E-state index in [1.165, 1.54) is 12.8 Å². The zero-order chi connectivity index (χ0) is 10.2. The molecule has 0 radical (unpaired) electrons. The van der Waals surface area contributed by atoms with Crippen LogP contribution in [0.5, 0.6) is 0 Å². The van der Waals surface area contributed by atoms with Crippen LogP contribution in [0.3, 0.4) is 0 Å². The Morgan fingerprint density at radius 3 is 2.93 bits per heavy atom. The van der Waals surface area contributed by atoms with Crippen LogP contribution in [0.15, 0.2) is 12.3 Å². The molecule has 1 saturated carbocycles. The summed E-state index contributed by atoms with van der Waals surface area (Å²) in [5, 5.41) is 8.15. The van der Waals surface area contributed by atoms with Crippen molar-refractivity contribution in [2.45, 2.75) is 38.6 Å². The number of aromatic nitrogens is 2. The average molecular weight is 191 g/mol. The molecule has 2 unspecified atom stereocenters. The van der Waals surface area contributed by atoms with Gasteiger partial charge in [0.25, 0.3) is 0 Å². The van der Waals surface area contributed by atoms with Crippen molar-refractivity contribution in [1.29, 1.82) is 0 Å². The van der Waals surface area contributed by atoms with Gasteiger partial charge in [0, 0.05) is 0 Å². The van der Waals surface area contributed by atoms with E-state index in [0.29, 0.717) is 5.92 Å². The Morgan fingerprint density at radius 2 is 2.36 bits per heavy atom. The standard InChI is InChI=1S/C11H17N3/c1-8-6-10(14-13-7-8)11(12)5-3-4-9(11)2/h6-7,9H,3-5,12H2,1-2H3. The van der Waals surface area contributed by atoms with E-state index in [2.05, 4.69) is 23.2 Å². The molecule has 2 atom stereocenters. The summed E-state index contributed by atoms with van der Waals surface area (Å²) in [7, 11) is 0. The minimum atomic E-state index is -0.237. The van der Waals surface area contributed by atoms with E-state index in [9.17, 15) is 0 Å². The number of rotatable bonds is 1. The normalized spacial score (nSPS) is 32.1. The highest BCUT2D eigenvalue weighted by molar-refractivity contribution is 5.20. The Morgan fingerprint density at radius 1 is 1.57 bits per heavy atom. The maximum Gasteiger partial charge on any atom is 0.0835 e. The molecule has 0 saturated heterocycles. The molecule has 1 heterocycles. The van der Waals surface area contributed by atoms with Crippen LogP contribution in [0.25, 0.3) is 0 Å². The number of aryl methyl sites for hydroxylation is 1. The minimum Gasteiger partial charge on any atom is -0.320 e. The molecule has 0 bridgehead atoms. The van der Waals surface area contributed by atoms with Crippen LogP contribution in [0.1, 0.15) is 37.4 Å². The van der Waals surface area contributed by atoms with Gasteiger partial charge in [-0.05, 0) is 37.3 Å². The number of nitrogens with zero attached hydrogens (tertiary/aromatic N) is 2. The fraction of sp³-hybridized carbons (Fsp3) is 0.636. The second kappa shape index (κ2) is 3.31. The summed E-state index contributed by atoms with van der Waals surface area (Å²) in [5.41, 5.74) is 8.25. The number of nitrogens with two attached hydrogens (primary N) is 1. The maximum atomic E-state index is 6.39. The van der Waals surface area contributed by atoms with E-state index >= 15 is 0 Å². The molecule has 1 aromatic heterocycles. The first-order valence-electron chi connectivity index (χ1n) is 5.21. The third kappa shape index (κ3) is 1.42. The van der Waals surface area contributed by atoms with Crippen molar-refractivity contribution in [3.05, 3.63) is 23.5 Å². The monoisotopic (exact) mass is 191 g/mol. The summed E-state index contributed by atoms with van der Waals surface area (Å²) in [4.78, 5) is 0. The Balaban J connectivity index is 2.38. The van der Waals surface area contributed by atoms with Gasteiger partial charge < -0.3 is 5.73 Å². The molecule has 2 rings (SSSR count). The summed E-state index contributed by atoms with van der Waals surface area (Å²) in [6.07, 6.45) is 5.21. The van der Waals surface area contributed by atoms with Gasteiger partial charge in [0.1, 0.15) is 0 Å². The van der Waals surface area contributed by atoms with Gasteiger partial charge in [-0.1, -0.05) is 13.3 Å². The smallest absolute Gasteiger partial charge is 0.0835 e. The van der Waals surface area contributed by atoms with Crippen molar-refractivity contribution >= 4 is 0 Å². The van der Waals surface area contributed by atoms with Gasteiger partial charge in [0.15, 0.2) is 0 Å². The Hall–Kier alpha value is -0.960. The summed E-state index contributed by atoms with van der Waals surface area (Å²) in [5.74, 6) is 0.513. The van der Waals surface area contributed by atoms with Crippen LogP contribution in [-0.4, -0.2) is 10.2 Å². The Bertz CT molecular complexity index is 337. The second-order valence-electron chi connectivity index (χ2n) is 4.45. The van der Waals surface area contributed by atoms with E-state index in [-0.39, 0.29) is 5.54 Å². The van der Waals surface area contributed by atoms with Gasteiger partial charge in [-0.3, -0.25) is 0 Å². The largest absolute Gasteiger partial charge is 0.320 e. The van der Waals surface area contributed by atoms with E-state index in [1.54, 1.807) is 6.20 Å². The van der Waals surface area contributed by atoms with Crippen LogP contribution in [0.4, 0.5) is 0 Å². The first kappa shape index (κ1) is 9.59. The van der Waals surface area contributed by atoms with Gasteiger partial charge >= 0.3 is 0 Å². The highest BCUT2D eigenvalue weighted by atomic mass is 15.1. The molecule has 14 heavy (non-hydrogen) atoms. The van der Waals surface area contributed by atoms with Crippen molar-refractivity contribution in [1.82, 2.24) is 10.2 Å². The van der Waals surface area contributed by atoms with Crippen molar-refractivity contribution in [3.63, 3.8) is 0 Å². The zero-order valence-electron chi connectivity index (χ0n) is 8.83. The summed E-state index contributed by atoms with van der Waals surface area (Å²) >= 11 is 0. The van der Waals surface area contributed by atoms with Gasteiger partial charge in [-0.2, -0.15) is 10.2 Å². The molecule has 0 aromatic carbocycles. The molecule has 0 amide bonds. The van der Waals surface area contributed by atoms with Crippen LogP contribution < -0.4 is 5.73 Å². The van der Waals surface area contributed by atoms with Crippen LogP contribution in [0.2, 0.25) is 0 Å². The second-order valence-corrected chi connectivity index (χ2v) is 4.45. The number of hydrogen-bond acceptors (Lipinski definition) is 3. The summed E-state index contributed by atoms with van der Waals surface area (Å²) < 4.78 is 0. The highest BCUT2D eigenvalue weighted by Gasteiger charge is 2.39. The predicted molar refractivity (Wildman–Crippen MR) is 55.6 cm³/mol. The average Bonchev–Trinajstić information content (AvgIpc) is 2.49. The van der Waals surface area contributed by atoms with E-state index in [4.69, 9.17) is 5.73 Å². The van der Waals surface area contributed by atoms with Gasteiger partial charge in [-0.25, -0.2) is 0 Å². The number of hydrogen-bond donors (Lipinski definition) is 1. The SMILES string of the molecule is Cc1cnnc(C2(N)CCCC2C)c1. The molecular weight excluding hydrogens is 174 g/mol. The quantitative estimate of drug-likeness (QED) is 0.736. The molecule has 1 fully saturated rings. The first-order valence-corrected chi connectivity index (χ1v) is 5.21. The molecule has 3 heteroatoms. The van der Waals surface area contributed by atoms with E-state index < -0.39 is 0 Å². The van der Waals surface area contributed by atoms with Crippen molar-refractivity contribution in [3.8, 4) is 0 Å². The molecule has 0 spiro atoms. The van der Waals surface area contributed by atoms with Crippen LogP contribution >= 0.6 is 0 Å². The molecule has 1 aliphatic rings. The molecule has 0 aliphatic heterocycles. The molecule has 1 aliphatic carbocycles. The zero-order valence-corrected chi connectivity index (χ0v) is 8.83. The minimum absolute atomic E-state index is 0.237.